The predicted molar refractivity (Wildman–Crippen MR) is 154 cm³/mol. The number of hydrogen-bond donors (Lipinski definition) is 2. The molecule has 0 spiro atoms. The minimum absolute atomic E-state index is 0.0516. The van der Waals surface area contributed by atoms with E-state index in [9.17, 15) is 19.2 Å². The summed E-state index contributed by atoms with van der Waals surface area (Å²) >= 11 is 1.32. The predicted octanol–water partition coefficient (Wildman–Crippen LogP) is 4.14. The topological polar surface area (TPSA) is 180 Å². The van der Waals surface area contributed by atoms with Crippen LogP contribution in [-0.4, -0.2) is 69.2 Å². The van der Waals surface area contributed by atoms with Gasteiger partial charge in [0.1, 0.15) is 0 Å². The van der Waals surface area contributed by atoms with E-state index in [1.807, 2.05) is 0 Å². The van der Waals surface area contributed by atoms with Crippen molar-refractivity contribution in [1.82, 2.24) is 10.4 Å². The number of hydroxylamine groups is 2. The van der Waals surface area contributed by atoms with Crippen LogP contribution in [0.25, 0.3) is 10.4 Å². The average molecular weight is 594 g/mol. The number of unbranched alkanes of at least 4 members (excludes halogenated alkanes) is 1. The molecule has 0 aliphatic carbocycles. The van der Waals surface area contributed by atoms with E-state index in [2.05, 4.69) is 20.3 Å². The number of azide groups is 1. The van der Waals surface area contributed by atoms with Gasteiger partial charge >= 0.3 is 5.97 Å². The van der Waals surface area contributed by atoms with Gasteiger partial charge < -0.3 is 10.6 Å². The third-order valence-electron chi connectivity index (χ3n) is 6.25. The number of rotatable bonds is 14. The first-order valence-electron chi connectivity index (χ1n) is 12.4. The second kappa shape index (κ2) is 15.2. The van der Waals surface area contributed by atoms with E-state index in [1.54, 1.807) is 28.5 Å². The standard InChI is InChI=1S/C24H31N7O5S3/c1-16(32)24(14-38-39-15-28-24)10-2-3-11-27-20(25)5-4-12-37-19-13-21(33)31(22(19)34)36-23(35)17-6-8-18(9-7-17)29-30-26/h6-9,19,28H,2-5,10-15H2,1H3,(H2,25,27). The Morgan fingerprint density at radius 3 is 2.69 bits per heavy atom. The van der Waals surface area contributed by atoms with E-state index in [4.69, 9.17) is 16.1 Å². The maximum Gasteiger partial charge on any atom is 0.363 e. The van der Waals surface area contributed by atoms with E-state index in [0.29, 0.717) is 41.7 Å². The first-order valence-corrected chi connectivity index (χ1v) is 15.9. The van der Waals surface area contributed by atoms with Crippen molar-refractivity contribution in [1.29, 1.82) is 0 Å². The van der Waals surface area contributed by atoms with Gasteiger partial charge in [0.15, 0.2) is 5.78 Å². The van der Waals surface area contributed by atoms with Crippen LogP contribution in [0.15, 0.2) is 34.4 Å². The van der Waals surface area contributed by atoms with Crippen LogP contribution < -0.4 is 11.1 Å². The number of nitrogens with one attached hydrogen (secondary N) is 1. The molecule has 0 saturated carbocycles. The highest BCUT2D eigenvalue weighted by molar-refractivity contribution is 8.76. The van der Waals surface area contributed by atoms with Crippen LogP contribution in [-0.2, 0) is 19.2 Å². The fraction of sp³-hybridized carbons (Fsp3) is 0.542. The number of ketones is 1. The van der Waals surface area contributed by atoms with Crippen LogP contribution in [0, 0.1) is 0 Å². The maximum atomic E-state index is 12.6. The Balaban J connectivity index is 1.34. The molecule has 12 nitrogen and oxygen atoms in total. The zero-order valence-corrected chi connectivity index (χ0v) is 24.0. The van der Waals surface area contributed by atoms with Gasteiger partial charge in [0, 0.05) is 29.3 Å². The molecule has 39 heavy (non-hydrogen) atoms. The Labute approximate surface area is 238 Å². The Hall–Kier alpha value is -2.71. The summed E-state index contributed by atoms with van der Waals surface area (Å²) in [6.07, 6.45) is 3.70. The quantitative estimate of drug-likeness (QED) is 0.0465. The minimum atomic E-state index is -0.858. The monoisotopic (exact) mass is 593 g/mol. The summed E-state index contributed by atoms with van der Waals surface area (Å²) in [5.74, 6) is 0.844. The number of imide groups is 1. The second-order valence-corrected chi connectivity index (χ2v) is 12.8. The largest absolute Gasteiger partial charge is 0.387 e. The normalized spacial score (nSPS) is 21.5. The lowest BCUT2D eigenvalue weighted by Crippen LogP contribution is -2.54. The Morgan fingerprint density at radius 1 is 1.26 bits per heavy atom. The number of amidine groups is 1. The van der Waals surface area contributed by atoms with E-state index in [1.165, 1.54) is 36.0 Å². The van der Waals surface area contributed by atoms with E-state index >= 15 is 0 Å². The van der Waals surface area contributed by atoms with Crippen LogP contribution in [0.5, 0.6) is 0 Å². The number of aliphatic imine (C=N–C) groups is 1. The molecule has 2 heterocycles. The summed E-state index contributed by atoms with van der Waals surface area (Å²) in [5, 5.41) is 6.67. The number of carbonyl (C=O) groups excluding carboxylic acids is 4. The molecular formula is C24H31N7O5S3. The van der Waals surface area contributed by atoms with Crippen molar-refractivity contribution < 1.29 is 24.0 Å². The number of amides is 2. The minimum Gasteiger partial charge on any atom is -0.387 e. The lowest BCUT2D eigenvalue weighted by molar-refractivity contribution is -0.172. The number of nitrogens with two attached hydrogens (primary N) is 1. The Morgan fingerprint density at radius 2 is 2.03 bits per heavy atom. The number of benzene rings is 1. The lowest BCUT2D eigenvalue weighted by atomic mass is 9.90. The van der Waals surface area contributed by atoms with Gasteiger partial charge in [0.05, 0.1) is 34.5 Å². The van der Waals surface area contributed by atoms with Gasteiger partial charge in [-0.1, -0.05) is 38.8 Å². The molecule has 1 aromatic rings. The van der Waals surface area contributed by atoms with Crippen molar-refractivity contribution in [3.05, 3.63) is 40.3 Å². The average Bonchev–Trinajstić information content (AvgIpc) is 3.19. The Kier molecular flexibility index (Phi) is 12.0. The molecule has 3 rings (SSSR count). The lowest BCUT2D eigenvalue weighted by Gasteiger charge is -2.35. The molecule has 1 aromatic carbocycles. The Bertz CT molecular complexity index is 1140. The maximum absolute atomic E-state index is 12.6. The third-order valence-corrected chi connectivity index (χ3v) is 9.80. The fourth-order valence-corrected chi connectivity index (χ4v) is 7.47. The molecule has 0 aromatic heterocycles. The number of carbonyl (C=O) groups is 4. The molecule has 2 fully saturated rings. The van der Waals surface area contributed by atoms with Gasteiger partial charge in [-0.15, -0.1) is 16.8 Å². The van der Waals surface area contributed by atoms with Crippen molar-refractivity contribution in [2.24, 2.45) is 15.8 Å². The smallest absolute Gasteiger partial charge is 0.363 e. The SMILES string of the molecule is CC(=O)C1(CCCCN=C(N)CCCSC2CC(=O)N(OC(=O)c3ccc(N=[N+]=[N-])cc3)C2=O)CSSCN1. The molecule has 0 bridgehead atoms. The number of hydrogen-bond acceptors (Lipinski definition) is 11. The molecule has 2 aliphatic heterocycles. The van der Waals surface area contributed by atoms with Gasteiger partial charge in [-0.3, -0.25) is 24.7 Å². The van der Waals surface area contributed by atoms with Gasteiger partial charge in [-0.05, 0) is 56.0 Å². The van der Waals surface area contributed by atoms with Crippen molar-refractivity contribution in [3.8, 4) is 0 Å². The van der Waals surface area contributed by atoms with Crippen molar-refractivity contribution in [2.75, 3.05) is 23.9 Å². The molecule has 3 N–H and O–H groups in total. The highest BCUT2D eigenvalue weighted by atomic mass is 33.1. The van der Waals surface area contributed by atoms with Crippen LogP contribution in [0.4, 0.5) is 5.69 Å². The zero-order valence-electron chi connectivity index (χ0n) is 21.5. The van der Waals surface area contributed by atoms with Gasteiger partial charge in [-0.25, -0.2) is 4.79 Å². The summed E-state index contributed by atoms with van der Waals surface area (Å²) < 4.78 is 0. The molecule has 2 atom stereocenters. The van der Waals surface area contributed by atoms with Crippen LogP contribution in [0.3, 0.4) is 0 Å². The second-order valence-electron chi connectivity index (χ2n) is 8.98. The molecule has 2 amide bonds. The molecule has 15 heteroatoms. The van der Waals surface area contributed by atoms with Crippen LogP contribution in [0.1, 0.15) is 55.8 Å². The zero-order chi connectivity index (χ0) is 28.3. The highest BCUT2D eigenvalue weighted by Crippen LogP contribution is 2.34. The third kappa shape index (κ3) is 8.90. The van der Waals surface area contributed by atoms with Gasteiger partial charge in [0.2, 0.25) is 0 Å². The highest BCUT2D eigenvalue weighted by Gasteiger charge is 2.42. The van der Waals surface area contributed by atoms with Crippen molar-refractivity contribution >= 4 is 68.4 Å². The summed E-state index contributed by atoms with van der Waals surface area (Å²) in [7, 11) is 3.46. The van der Waals surface area contributed by atoms with Crippen LogP contribution >= 0.6 is 33.3 Å². The van der Waals surface area contributed by atoms with E-state index in [0.717, 1.165) is 30.9 Å². The van der Waals surface area contributed by atoms with E-state index < -0.39 is 28.6 Å². The molecule has 0 radical (unpaired) electrons. The number of nitrogens with zero attached hydrogens (tertiary/aromatic N) is 5. The summed E-state index contributed by atoms with van der Waals surface area (Å²) in [6.45, 7) is 2.24. The van der Waals surface area contributed by atoms with Crippen LogP contribution in [0.2, 0.25) is 0 Å². The summed E-state index contributed by atoms with van der Waals surface area (Å²) in [6, 6.07) is 5.61. The summed E-state index contributed by atoms with van der Waals surface area (Å²) in [5.41, 5.74) is 14.5. The molecule has 210 valence electrons. The fourth-order valence-electron chi connectivity index (χ4n) is 3.94. The van der Waals surface area contributed by atoms with Crippen molar-refractivity contribution in [3.63, 3.8) is 0 Å². The first-order chi connectivity index (χ1) is 18.8. The number of Topliss-reactive ketones (excluding diaryl/α,β-unsaturated/α-hetero) is 1. The molecule has 2 aliphatic rings. The summed E-state index contributed by atoms with van der Waals surface area (Å²) in [4.78, 5) is 61.4. The molecular weight excluding hydrogens is 563 g/mol. The molecule has 2 unspecified atom stereocenters. The number of thioether (sulfide) groups is 1. The van der Waals surface area contributed by atoms with Gasteiger partial charge in [0.25, 0.3) is 11.8 Å². The van der Waals surface area contributed by atoms with E-state index in [-0.39, 0.29) is 17.8 Å². The molecule has 2 saturated heterocycles. The van der Waals surface area contributed by atoms with Gasteiger partial charge in [-0.2, -0.15) is 0 Å². The first kappa shape index (κ1) is 30.8. The van der Waals surface area contributed by atoms with Crippen molar-refractivity contribution in [2.45, 2.75) is 56.2 Å².